The number of pyridine rings is 2. The molecule has 4 aromatic rings. The zero-order chi connectivity index (χ0) is 24.2. The summed E-state index contributed by atoms with van der Waals surface area (Å²) in [4.78, 5) is 19.8. The van der Waals surface area contributed by atoms with Crippen molar-refractivity contribution in [2.75, 3.05) is 0 Å². The fourth-order valence-corrected chi connectivity index (χ4v) is 2.76. The highest BCUT2D eigenvalue weighted by Gasteiger charge is 2.38. The predicted octanol–water partition coefficient (Wildman–Crippen LogP) is 5.53. The summed E-state index contributed by atoms with van der Waals surface area (Å²) in [6, 6.07) is 2.98. The molecule has 0 bridgehead atoms. The van der Waals surface area contributed by atoms with Crippen LogP contribution in [-0.4, -0.2) is 29.9 Å². The van der Waals surface area contributed by atoms with Gasteiger partial charge in [-0.25, -0.2) is 15.0 Å². The third kappa shape index (κ3) is 4.42. The summed E-state index contributed by atoms with van der Waals surface area (Å²) in [5.41, 5.74) is -5.43. The van der Waals surface area contributed by atoms with Crippen molar-refractivity contribution in [3.05, 3.63) is 53.7 Å². The van der Waals surface area contributed by atoms with Gasteiger partial charge in [-0.15, -0.1) is 0 Å². The van der Waals surface area contributed by atoms with Gasteiger partial charge in [0.1, 0.15) is 22.7 Å². The highest BCUT2D eigenvalue weighted by atomic mass is 19.4. The number of aromatic amines is 1. The number of rotatable bonds is 2. The molecule has 0 spiro atoms. The number of hydrogen-bond acceptors (Lipinski definition) is 5. The van der Waals surface area contributed by atoms with Gasteiger partial charge in [-0.1, -0.05) is 0 Å². The Bertz CT molecular complexity index is 1300. The molecule has 4 heterocycles. The fraction of sp³-hybridized carbons (Fsp3) is 0.167. The lowest BCUT2D eigenvalue weighted by Gasteiger charge is -2.09. The van der Waals surface area contributed by atoms with Crippen LogP contribution in [0.1, 0.15) is 17.1 Å². The predicted molar refractivity (Wildman–Crippen MR) is 93.2 cm³/mol. The Kier molecular flexibility index (Phi) is 5.01. The van der Waals surface area contributed by atoms with Gasteiger partial charge < -0.3 is 4.98 Å². The number of nitrogens with zero attached hydrogens (tertiary/aromatic N) is 5. The van der Waals surface area contributed by atoms with Crippen LogP contribution in [0, 0.1) is 0 Å². The number of nitrogens with one attached hydrogen (secondary N) is 1. The Labute approximate surface area is 176 Å². The quantitative estimate of drug-likeness (QED) is 0.383. The van der Waals surface area contributed by atoms with E-state index in [1.54, 1.807) is 0 Å². The lowest BCUT2D eigenvalue weighted by molar-refractivity contribution is -0.141. The van der Waals surface area contributed by atoms with Crippen LogP contribution in [0.15, 0.2) is 36.7 Å². The monoisotopic (exact) mass is 478 g/mol. The minimum Gasteiger partial charge on any atom is -0.335 e. The van der Waals surface area contributed by atoms with E-state index in [2.05, 4.69) is 29.9 Å². The average Bonchev–Trinajstić information content (AvgIpc) is 3.15. The lowest BCUT2D eigenvalue weighted by atomic mass is 10.2. The van der Waals surface area contributed by atoms with Gasteiger partial charge in [0.05, 0.1) is 0 Å². The van der Waals surface area contributed by atoms with E-state index in [9.17, 15) is 39.5 Å². The van der Waals surface area contributed by atoms with E-state index in [0.717, 1.165) is 18.3 Å². The lowest BCUT2D eigenvalue weighted by Crippen LogP contribution is -2.11. The molecule has 0 atom stereocenters. The Morgan fingerprint density at radius 1 is 0.606 bits per heavy atom. The maximum absolute atomic E-state index is 13.6. The minimum absolute atomic E-state index is 0.0631. The Morgan fingerprint density at radius 2 is 1.15 bits per heavy atom. The summed E-state index contributed by atoms with van der Waals surface area (Å²) in [6.45, 7) is 0. The molecular weight excluding hydrogens is 471 g/mol. The van der Waals surface area contributed by atoms with Crippen molar-refractivity contribution in [1.29, 1.82) is 0 Å². The highest BCUT2D eigenvalue weighted by Crippen LogP contribution is 2.35. The molecule has 0 radical (unpaired) electrons. The zero-order valence-corrected chi connectivity index (χ0v) is 15.6. The van der Waals surface area contributed by atoms with E-state index >= 15 is 0 Å². The van der Waals surface area contributed by atoms with Crippen LogP contribution in [0.4, 0.5) is 39.5 Å². The molecule has 0 fully saturated rings. The van der Waals surface area contributed by atoms with Crippen LogP contribution in [0.2, 0.25) is 0 Å². The number of alkyl halides is 9. The molecule has 0 aliphatic heterocycles. The molecule has 0 unspecified atom stereocenters. The smallest absolute Gasteiger partial charge is 0.335 e. The molecular formula is C18H7F9N6. The molecule has 4 aromatic heterocycles. The second kappa shape index (κ2) is 7.38. The molecule has 15 heteroatoms. The zero-order valence-electron chi connectivity index (χ0n) is 15.6. The Balaban J connectivity index is 1.82. The van der Waals surface area contributed by atoms with E-state index in [1.807, 2.05) is 0 Å². The fourth-order valence-electron chi connectivity index (χ4n) is 2.76. The highest BCUT2D eigenvalue weighted by molar-refractivity contribution is 5.80. The number of hydrogen-bond donors (Lipinski definition) is 1. The molecule has 0 saturated carbocycles. The van der Waals surface area contributed by atoms with Crippen LogP contribution in [0.3, 0.4) is 0 Å². The second-order valence-electron chi connectivity index (χ2n) is 6.54. The molecule has 0 aliphatic carbocycles. The first kappa shape index (κ1) is 22.4. The van der Waals surface area contributed by atoms with Crippen LogP contribution < -0.4 is 0 Å². The summed E-state index contributed by atoms with van der Waals surface area (Å²) in [6.07, 6.45) is -13.1. The van der Waals surface area contributed by atoms with E-state index in [0.29, 0.717) is 18.3 Å². The van der Waals surface area contributed by atoms with Gasteiger partial charge >= 0.3 is 18.5 Å². The van der Waals surface area contributed by atoms with Gasteiger partial charge in [-0.05, 0) is 24.3 Å². The standard InChI is InChI=1S/C18H7F9N6/c19-16(20,21)9-3-1-7(5-28-9)13-30-11-12(18(25,26)27)31-14(33-15(11)32-13)8-2-4-10(29-6-8)17(22,23)24/h1-6H,(H,30,31,32,33). The molecule has 33 heavy (non-hydrogen) atoms. The van der Waals surface area contributed by atoms with E-state index in [4.69, 9.17) is 0 Å². The van der Waals surface area contributed by atoms with Crippen LogP contribution >= 0.6 is 0 Å². The van der Waals surface area contributed by atoms with Crippen molar-refractivity contribution in [1.82, 2.24) is 29.9 Å². The van der Waals surface area contributed by atoms with Crippen molar-refractivity contribution in [2.24, 2.45) is 0 Å². The van der Waals surface area contributed by atoms with E-state index in [-0.39, 0.29) is 17.0 Å². The number of aromatic nitrogens is 6. The van der Waals surface area contributed by atoms with Crippen molar-refractivity contribution >= 4 is 11.2 Å². The number of imidazole rings is 1. The molecule has 172 valence electrons. The van der Waals surface area contributed by atoms with E-state index in [1.165, 1.54) is 0 Å². The minimum atomic E-state index is -5.02. The number of H-pyrrole nitrogens is 1. The van der Waals surface area contributed by atoms with Crippen molar-refractivity contribution in [3.63, 3.8) is 0 Å². The van der Waals surface area contributed by atoms with Crippen LogP contribution in [0.5, 0.6) is 0 Å². The van der Waals surface area contributed by atoms with E-state index < -0.39 is 52.6 Å². The molecule has 0 amide bonds. The maximum atomic E-state index is 13.6. The summed E-state index contributed by atoms with van der Waals surface area (Å²) < 4.78 is 117. The molecule has 4 rings (SSSR count). The normalized spacial score (nSPS) is 13.0. The van der Waals surface area contributed by atoms with Gasteiger partial charge in [-0.3, -0.25) is 9.97 Å². The summed E-state index contributed by atoms with van der Waals surface area (Å²) >= 11 is 0. The van der Waals surface area contributed by atoms with Crippen molar-refractivity contribution in [3.8, 4) is 22.8 Å². The third-order valence-electron chi connectivity index (χ3n) is 4.26. The summed E-state index contributed by atoms with van der Waals surface area (Å²) in [5.74, 6) is -0.867. The van der Waals surface area contributed by atoms with Gasteiger partial charge in [0.25, 0.3) is 0 Å². The maximum Gasteiger partial charge on any atom is 0.435 e. The van der Waals surface area contributed by atoms with Gasteiger partial charge in [0.2, 0.25) is 0 Å². The topological polar surface area (TPSA) is 80.2 Å². The molecule has 6 nitrogen and oxygen atoms in total. The average molecular weight is 478 g/mol. The first-order chi connectivity index (χ1) is 15.2. The largest absolute Gasteiger partial charge is 0.435 e. The Hall–Kier alpha value is -3.78. The van der Waals surface area contributed by atoms with Crippen molar-refractivity contribution < 1.29 is 39.5 Å². The van der Waals surface area contributed by atoms with Gasteiger partial charge in [-0.2, -0.15) is 39.5 Å². The van der Waals surface area contributed by atoms with Gasteiger partial charge in [0, 0.05) is 23.5 Å². The number of halogens is 9. The first-order valence-corrected chi connectivity index (χ1v) is 8.65. The first-order valence-electron chi connectivity index (χ1n) is 8.65. The molecule has 1 N–H and O–H groups in total. The van der Waals surface area contributed by atoms with Crippen molar-refractivity contribution in [2.45, 2.75) is 18.5 Å². The molecule has 0 aliphatic rings. The Morgan fingerprint density at radius 3 is 1.61 bits per heavy atom. The van der Waals surface area contributed by atoms with Gasteiger partial charge in [0.15, 0.2) is 17.2 Å². The van der Waals surface area contributed by atoms with Crippen LogP contribution in [0.25, 0.3) is 33.9 Å². The summed E-state index contributed by atoms with van der Waals surface area (Å²) in [7, 11) is 0. The number of fused-ring (bicyclic) bond motifs is 1. The third-order valence-corrected chi connectivity index (χ3v) is 4.26. The van der Waals surface area contributed by atoms with Crippen LogP contribution in [-0.2, 0) is 18.5 Å². The molecule has 0 aromatic carbocycles. The summed E-state index contributed by atoms with van der Waals surface area (Å²) in [5, 5.41) is 0. The SMILES string of the molecule is FC(F)(F)c1ccc(-c2nc(C(F)(F)F)c3[nH]c(-c4ccc(C(F)(F)F)nc4)nc3n2)cn1. The molecule has 0 saturated heterocycles. The second-order valence-corrected chi connectivity index (χ2v) is 6.54.